The lowest BCUT2D eigenvalue weighted by atomic mass is 10.2. The zero-order chi connectivity index (χ0) is 16.7. The summed E-state index contributed by atoms with van der Waals surface area (Å²) in [5.74, 6) is 1.21. The number of carbonyl (C=O) groups excluding carboxylic acids is 1. The average Bonchev–Trinajstić information content (AvgIpc) is 2.49. The number of nitrogens with zero attached hydrogens (tertiary/aromatic N) is 3. The van der Waals surface area contributed by atoms with Gasteiger partial charge < -0.3 is 20.9 Å². The van der Waals surface area contributed by atoms with Crippen LogP contribution in [0.2, 0.25) is 0 Å². The molecule has 23 heavy (non-hydrogen) atoms. The molecule has 2 aromatic rings. The molecular formula is C16H22N6O. The van der Waals surface area contributed by atoms with Crippen LogP contribution in [-0.2, 0) is 4.79 Å². The number of anilines is 4. The van der Waals surface area contributed by atoms with Crippen LogP contribution in [-0.4, -0.2) is 48.0 Å². The minimum atomic E-state index is -0.0880. The smallest absolute Gasteiger partial charge is 0.224 e. The van der Waals surface area contributed by atoms with Crippen molar-refractivity contribution in [2.24, 2.45) is 0 Å². The van der Waals surface area contributed by atoms with Crippen molar-refractivity contribution in [3.8, 4) is 0 Å². The quantitative estimate of drug-likeness (QED) is 0.726. The summed E-state index contributed by atoms with van der Waals surface area (Å²) >= 11 is 0. The first kappa shape index (κ1) is 16.7. The summed E-state index contributed by atoms with van der Waals surface area (Å²) < 4.78 is 0. The molecule has 3 N–H and O–H groups in total. The van der Waals surface area contributed by atoms with Gasteiger partial charge in [-0.2, -0.15) is 4.98 Å². The fourth-order valence-corrected chi connectivity index (χ4v) is 1.89. The van der Waals surface area contributed by atoms with Crippen molar-refractivity contribution in [1.82, 2.24) is 14.9 Å². The third-order valence-corrected chi connectivity index (χ3v) is 2.98. The number of likely N-dealkylation sites (N-methyl/N-ethyl adjacent to an activating group) is 1. The number of nitrogens with one attached hydrogen (secondary N) is 3. The van der Waals surface area contributed by atoms with Gasteiger partial charge in [0.05, 0.1) is 0 Å². The van der Waals surface area contributed by atoms with E-state index >= 15 is 0 Å². The summed E-state index contributed by atoms with van der Waals surface area (Å²) in [7, 11) is 4.04. The highest BCUT2D eigenvalue weighted by Gasteiger charge is 2.01. The van der Waals surface area contributed by atoms with Crippen LogP contribution in [0.3, 0.4) is 0 Å². The van der Waals surface area contributed by atoms with Gasteiger partial charge in [-0.3, -0.25) is 4.79 Å². The highest BCUT2D eigenvalue weighted by Crippen LogP contribution is 2.18. The van der Waals surface area contributed by atoms with E-state index in [1.54, 1.807) is 12.3 Å². The Hall–Kier alpha value is -2.67. The fourth-order valence-electron chi connectivity index (χ4n) is 1.89. The third-order valence-electron chi connectivity index (χ3n) is 2.98. The molecule has 0 saturated carbocycles. The molecule has 0 saturated heterocycles. The standard InChI is InChI=1S/C16H22N6O/c1-12(23)19-13-4-6-14(7-5-13)20-15-8-9-17-16(21-15)18-10-11-22(2)3/h4-9H,10-11H2,1-3H3,(H,19,23)(H2,17,18,20,21). The van der Waals surface area contributed by atoms with E-state index in [2.05, 4.69) is 30.8 Å². The van der Waals surface area contributed by atoms with Crippen molar-refractivity contribution in [2.75, 3.05) is 43.1 Å². The van der Waals surface area contributed by atoms with Crippen molar-refractivity contribution in [2.45, 2.75) is 6.92 Å². The molecule has 1 heterocycles. The number of benzene rings is 1. The van der Waals surface area contributed by atoms with Crippen LogP contribution in [0.1, 0.15) is 6.92 Å². The Kier molecular flexibility index (Phi) is 5.87. The molecule has 1 aromatic carbocycles. The molecule has 0 aliphatic heterocycles. The largest absolute Gasteiger partial charge is 0.353 e. The molecule has 7 heteroatoms. The first-order chi connectivity index (χ1) is 11.0. The molecule has 0 aliphatic rings. The second-order valence-electron chi connectivity index (χ2n) is 5.38. The van der Waals surface area contributed by atoms with E-state index in [1.165, 1.54) is 6.92 Å². The summed E-state index contributed by atoms with van der Waals surface area (Å²) in [4.78, 5) is 21.7. The molecule has 2 rings (SSSR count). The van der Waals surface area contributed by atoms with Crippen molar-refractivity contribution >= 4 is 29.0 Å². The SMILES string of the molecule is CC(=O)Nc1ccc(Nc2ccnc(NCCN(C)C)n2)cc1. The monoisotopic (exact) mass is 314 g/mol. The maximum atomic E-state index is 11.0. The molecule has 0 unspecified atom stereocenters. The van der Waals surface area contributed by atoms with Crippen LogP contribution in [0.5, 0.6) is 0 Å². The van der Waals surface area contributed by atoms with E-state index in [0.29, 0.717) is 11.8 Å². The molecule has 0 atom stereocenters. The number of amides is 1. The number of hydrogen-bond donors (Lipinski definition) is 3. The second kappa shape index (κ2) is 8.09. The number of aromatic nitrogens is 2. The van der Waals surface area contributed by atoms with Gasteiger partial charge in [-0.25, -0.2) is 4.98 Å². The number of carbonyl (C=O) groups is 1. The first-order valence-electron chi connectivity index (χ1n) is 7.39. The lowest BCUT2D eigenvalue weighted by molar-refractivity contribution is -0.114. The van der Waals surface area contributed by atoms with E-state index < -0.39 is 0 Å². The molecular weight excluding hydrogens is 292 g/mol. The number of hydrogen-bond acceptors (Lipinski definition) is 6. The molecule has 7 nitrogen and oxygen atoms in total. The predicted molar refractivity (Wildman–Crippen MR) is 93.1 cm³/mol. The van der Waals surface area contributed by atoms with E-state index in [4.69, 9.17) is 0 Å². The van der Waals surface area contributed by atoms with Gasteiger partial charge in [-0.05, 0) is 44.4 Å². The van der Waals surface area contributed by atoms with Gasteiger partial charge >= 0.3 is 0 Å². The van der Waals surface area contributed by atoms with Gasteiger partial charge in [-0.1, -0.05) is 0 Å². The lowest BCUT2D eigenvalue weighted by Gasteiger charge is -2.11. The van der Waals surface area contributed by atoms with Crippen molar-refractivity contribution < 1.29 is 4.79 Å². The van der Waals surface area contributed by atoms with Crippen LogP contribution < -0.4 is 16.0 Å². The van der Waals surface area contributed by atoms with Crippen molar-refractivity contribution in [3.63, 3.8) is 0 Å². The second-order valence-corrected chi connectivity index (χ2v) is 5.38. The zero-order valence-electron chi connectivity index (χ0n) is 13.6. The van der Waals surface area contributed by atoms with Crippen LogP contribution in [0.25, 0.3) is 0 Å². The van der Waals surface area contributed by atoms with E-state index in [0.717, 1.165) is 24.5 Å². The van der Waals surface area contributed by atoms with Crippen molar-refractivity contribution in [1.29, 1.82) is 0 Å². The minimum absolute atomic E-state index is 0.0880. The summed E-state index contributed by atoms with van der Waals surface area (Å²) in [6, 6.07) is 9.24. The zero-order valence-corrected chi connectivity index (χ0v) is 13.6. The van der Waals surface area contributed by atoms with E-state index in [-0.39, 0.29) is 5.91 Å². The molecule has 0 bridgehead atoms. The predicted octanol–water partition coefficient (Wildman–Crippen LogP) is 2.15. The summed E-state index contributed by atoms with van der Waals surface area (Å²) in [5.41, 5.74) is 1.65. The molecule has 0 spiro atoms. The van der Waals surface area contributed by atoms with Crippen LogP contribution in [0, 0.1) is 0 Å². The van der Waals surface area contributed by atoms with Gasteiger partial charge in [0.15, 0.2) is 0 Å². The van der Waals surface area contributed by atoms with Crippen LogP contribution in [0.15, 0.2) is 36.5 Å². The Labute approximate surface area is 136 Å². The first-order valence-corrected chi connectivity index (χ1v) is 7.39. The molecule has 1 aromatic heterocycles. The molecule has 0 aliphatic carbocycles. The molecule has 1 amide bonds. The Bertz CT molecular complexity index is 641. The Morgan fingerprint density at radius 3 is 2.48 bits per heavy atom. The van der Waals surface area contributed by atoms with E-state index in [1.807, 2.05) is 38.4 Å². The minimum Gasteiger partial charge on any atom is -0.353 e. The Morgan fingerprint density at radius 2 is 1.83 bits per heavy atom. The van der Waals surface area contributed by atoms with E-state index in [9.17, 15) is 4.79 Å². The Morgan fingerprint density at radius 1 is 1.13 bits per heavy atom. The summed E-state index contributed by atoms with van der Waals surface area (Å²) in [5, 5.41) is 9.12. The third kappa shape index (κ3) is 5.91. The van der Waals surface area contributed by atoms with Gasteiger partial charge in [0.1, 0.15) is 5.82 Å². The molecule has 122 valence electrons. The lowest BCUT2D eigenvalue weighted by Crippen LogP contribution is -2.21. The number of rotatable bonds is 7. The topological polar surface area (TPSA) is 82.2 Å². The maximum Gasteiger partial charge on any atom is 0.224 e. The van der Waals surface area contributed by atoms with Crippen LogP contribution in [0.4, 0.5) is 23.1 Å². The molecule has 0 radical (unpaired) electrons. The van der Waals surface area contributed by atoms with Gasteiger partial charge in [0, 0.05) is 37.6 Å². The average molecular weight is 314 g/mol. The fraction of sp³-hybridized carbons (Fsp3) is 0.312. The van der Waals surface area contributed by atoms with Crippen LogP contribution >= 0.6 is 0 Å². The summed E-state index contributed by atoms with van der Waals surface area (Å²) in [6.45, 7) is 3.17. The van der Waals surface area contributed by atoms with Gasteiger partial charge in [0.2, 0.25) is 11.9 Å². The highest BCUT2D eigenvalue weighted by atomic mass is 16.1. The summed E-state index contributed by atoms with van der Waals surface area (Å²) in [6.07, 6.45) is 1.71. The molecule has 0 fully saturated rings. The highest BCUT2D eigenvalue weighted by molar-refractivity contribution is 5.88. The van der Waals surface area contributed by atoms with Gasteiger partial charge in [0.25, 0.3) is 0 Å². The normalized spacial score (nSPS) is 10.4. The Balaban J connectivity index is 1.95. The van der Waals surface area contributed by atoms with Crippen molar-refractivity contribution in [3.05, 3.63) is 36.5 Å². The van der Waals surface area contributed by atoms with Gasteiger partial charge in [-0.15, -0.1) is 0 Å². The maximum absolute atomic E-state index is 11.0.